The van der Waals surface area contributed by atoms with Crippen LogP contribution in [0, 0.1) is 6.92 Å². The molecule has 156 valence electrons. The molecule has 1 saturated heterocycles. The van der Waals surface area contributed by atoms with Crippen molar-refractivity contribution in [2.45, 2.75) is 32.1 Å². The highest BCUT2D eigenvalue weighted by atomic mass is 19.3. The molecule has 1 fully saturated rings. The summed E-state index contributed by atoms with van der Waals surface area (Å²) >= 11 is 0. The number of halogens is 2. The first-order chi connectivity index (χ1) is 14.4. The van der Waals surface area contributed by atoms with Crippen LogP contribution in [0.2, 0.25) is 0 Å². The van der Waals surface area contributed by atoms with E-state index in [1.807, 2.05) is 18.2 Å². The molecule has 1 aliphatic rings. The van der Waals surface area contributed by atoms with Gasteiger partial charge in [0.05, 0.1) is 11.8 Å². The van der Waals surface area contributed by atoms with Crippen molar-refractivity contribution >= 4 is 17.4 Å². The Morgan fingerprint density at radius 2 is 1.97 bits per heavy atom. The fraction of sp³-hybridized carbons (Fsp3) is 0.318. The molecule has 0 atom stereocenters. The number of rotatable bonds is 4. The van der Waals surface area contributed by atoms with Gasteiger partial charge in [-0.1, -0.05) is 18.2 Å². The van der Waals surface area contributed by atoms with Gasteiger partial charge in [0.15, 0.2) is 12.2 Å². The number of benzene rings is 1. The molecule has 0 saturated carbocycles. The average molecular weight is 412 g/mol. The normalized spacial score (nSPS) is 16.2. The number of amides is 1. The van der Waals surface area contributed by atoms with Gasteiger partial charge in [0.2, 0.25) is 5.92 Å². The Balaban J connectivity index is 1.75. The van der Waals surface area contributed by atoms with Crippen LogP contribution in [-0.4, -0.2) is 34.9 Å². The second-order valence-electron chi connectivity index (χ2n) is 7.38. The quantitative estimate of drug-likeness (QED) is 0.658. The summed E-state index contributed by atoms with van der Waals surface area (Å²) in [6.45, 7) is 2.34. The number of hydrogen-bond donors (Lipinski definition) is 1. The third-order valence-electron chi connectivity index (χ3n) is 5.29. The van der Waals surface area contributed by atoms with E-state index in [1.165, 1.54) is 6.39 Å². The number of pyridine rings is 1. The summed E-state index contributed by atoms with van der Waals surface area (Å²) in [7, 11) is 0. The van der Waals surface area contributed by atoms with Crippen molar-refractivity contribution in [3.8, 4) is 11.3 Å². The van der Waals surface area contributed by atoms with Crippen molar-refractivity contribution in [2.75, 3.05) is 23.3 Å². The van der Waals surface area contributed by atoms with E-state index in [1.54, 1.807) is 36.4 Å². The Kier molecular flexibility index (Phi) is 5.48. The van der Waals surface area contributed by atoms with Crippen molar-refractivity contribution in [3.05, 3.63) is 60.2 Å². The number of carbonyl (C=O) groups excluding carboxylic acids is 1. The van der Waals surface area contributed by atoms with Gasteiger partial charge in [0.25, 0.3) is 5.91 Å². The second-order valence-corrected chi connectivity index (χ2v) is 7.38. The Hall–Kier alpha value is -3.29. The van der Waals surface area contributed by atoms with Crippen LogP contribution in [0.25, 0.3) is 11.3 Å². The van der Waals surface area contributed by atoms with Gasteiger partial charge in [0, 0.05) is 43.4 Å². The topological polar surface area (TPSA) is 71.3 Å². The average Bonchev–Trinajstić information content (AvgIpc) is 3.19. The lowest BCUT2D eigenvalue weighted by Gasteiger charge is -2.25. The van der Waals surface area contributed by atoms with Gasteiger partial charge in [0.1, 0.15) is 5.82 Å². The van der Waals surface area contributed by atoms with E-state index in [0.717, 1.165) is 0 Å². The summed E-state index contributed by atoms with van der Waals surface area (Å²) in [5.41, 5.74) is 2.27. The first kappa shape index (κ1) is 20.0. The monoisotopic (exact) mass is 412 g/mol. The number of para-hydroxylation sites is 1. The number of carbonyl (C=O) groups is 1. The number of nitrogens with zero attached hydrogens (tertiary/aromatic N) is 3. The van der Waals surface area contributed by atoms with Gasteiger partial charge in [-0.05, 0) is 31.0 Å². The van der Waals surface area contributed by atoms with Gasteiger partial charge in [-0.3, -0.25) is 4.79 Å². The molecule has 6 nitrogen and oxygen atoms in total. The van der Waals surface area contributed by atoms with Crippen LogP contribution >= 0.6 is 0 Å². The van der Waals surface area contributed by atoms with Crippen LogP contribution in [0.1, 0.15) is 35.2 Å². The molecule has 30 heavy (non-hydrogen) atoms. The smallest absolute Gasteiger partial charge is 0.259 e. The summed E-state index contributed by atoms with van der Waals surface area (Å²) in [5, 5.41) is 2.88. The Labute approximate surface area is 172 Å². The zero-order chi connectivity index (χ0) is 21.1. The maximum Gasteiger partial charge on any atom is 0.259 e. The molecule has 0 radical (unpaired) electrons. The summed E-state index contributed by atoms with van der Waals surface area (Å²) in [6.07, 6.45) is 4.37. The summed E-state index contributed by atoms with van der Waals surface area (Å²) in [4.78, 5) is 23.5. The molecule has 1 N–H and O–H groups in total. The van der Waals surface area contributed by atoms with E-state index >= 15 is 0 Å². The van der Waals surface area contributed by atoms with E-state index in [0.29, 0.717) is 46.9 Å². The lowest BCUT2D eigenvalue weighted by atomic mass is 10.0. The van der Waals surface area contributed by atoms with Crippen LogP contribution in [0.3, 0.4) is 0 Å². The minimum absolute atomic E-state index is 0.132. The predicted octanol–water partition coefficient (Wildman–Crippen LogP) is 4.92. The maximum atomic E-state index is 13.9. The largest absolute Gasteiger partial charge is 0.443 e. The zero-order valence-electron chi connectivity index (χ0n) is 16.6. The SMILES string of the molecule is Cc1c(-c2cnco2)cnc(N2CCCC(F)(F)CC2)c1C(=O)Nc1ccccc1. The molecule has 0 spiro atoms. The van der Waals surface area contributed by atoms with Gasteiger partial charge in [-0.15, -0.1) is 0 Å². The highest BCUT2D eigenvalue weighted by Gasteiger charge is 2.33. The van der Waals surface area contributed by atoms with Crippen molar-refractivity contribution < 1.29 is 18.0 Å². The third kappa shape index (κ3) is 4.17. The minimum Gasteiger partial charge on any atom is -0.443 e. The van der Waals surface area contributed by atoms with Gasteiger partial charge < -0.3 is 14.6 Å². The number of nitrogens with one attached hydrogen (secondary N) is 1. The van der Waals surface area contributed by atoms with Gasteiger partial charge in [-0.25, -0.2) is 18.7 Å². The van der Waals surface area contributed by atoms with E-state index in [2.05, 4.69) is 15.3 Å². The van der Waals surface area contributed by atoms with Crippen LogP contribution in [0.15, 0.2) is 53.5 Å². The molecular weight excluding hydrogens is 390 g/mol. The fourth-order valence-corrected chi connectivity index (χ4v) is 3.69. The summed E-state index contributed by atoms with van der Waals surface area (Å²) < 4.78 is 33.2. The molecule has 1 aliphatic heterocycles. The molecule has 8 heteroatoms. The molecule has 1 amide bonds. The highest BCUT2D eigenvalue weighted by Crippen LogP contribution is 2.34. The van der Waals surface area contributed by atoms with Crippen LogP contribution in [-0.2, 0) is 0 Å². The van der Waals surface area contributed by atoms with Crippen molar-refractivity contribution in [1.29, 1.82) is 0 Å². The Morgan fingerprint density at radius 3 is 2.70 bits per heavy atom. The van der Waals surface area contributed by atoms with Gasteiger partial charge in [-0.2, -0.15) is 0 Å². The van der Waals surface area contributed by atoms with Crippen LogP contribution < -0.4 is 10.2 Å². The first-order valence-corrected chi connectivity index (χ1v) is 9.82. The Bertz CT molecular complexity index is 1020. The van der Waals surface area contributed by atoms with E-state index in [9.17, 15) is 13.6 Å². The lowest BCUT2D eigenvalue weighted by molar-refractivity contribution is -0.0102. The zero-order valence-corrected chi connectivity index (χ0v) is 16.6. The number of oxazole rings is 1. The predicted molar refractivity (Wildman–Crippen MR) is 110 cm³/mol. The van der Waals surface area contributed by atoms with Crippen molar-refractivity contribution in [3.63, 3.8) is 0 Å². The number of hydrogen-bond acceptors (Lipinski definition) is 5. The number of aromatic nitrogens is 2. The highest BCUT2D eigenvalue weighted by molar-refractivity contribution is 6.09. The molecule has 0 aliphatic carbocycles. The first-order valence-electron chi connectivity index (χ1n) is 9.82. The van der Waals surface area contributed by atoms with Gasteiger partial charge >= 0.3 is 0 Å². The summed E-state index contributed by atoms with van der Waals surface area (Å²) in [6, 6.07) is 9.07. The molecule has 4 rings (SSSR count). The second kappa shape index (κ2) is 8.22. The van der Waals surface area contributed by atoms with E-state index < -0.39 is 5.92 Å². The fourth-order valence-electron chi connectivity index (χ4n) is 3.69. The lowest BCUT2D eigenvalue weighted by Crippen LogP contribution is -2.30. The van der Waals surface area contributed by atoms with Crippen molar-refractivity contribution in [1.82, 2.24) is 9.97 Å². The number of anilines is 2. The molecule has 0 unspecified atom stereocenters. The van der Waals surface area contributed by atoms with Crippen molar-refractivity contribution in [2.24, 2.45) is 0 Å². The Morgan fingerprint density at radius 1 is 1.17 bits per heavy atom. The molecule has 0 bridgehead atoms. The molecule has 2 aromatic heterocycles. The third-order valence-corrected chi connectivity index (χ3v) is 5.29. The number of alkyl halides is 2. The molecule has 3 heterocycles. The van der Waals surface area contributed by atoms with Crippen LogP contribution in [0.5, 0.6) is 0 Å². The maximum absolute atomic E-state index is 13.9. The molecule has 3 aromatic rings. The minimum atomic E-state index is -2.70. The van der Waals surface area contributed by atoms with E-state index in [-0.39, 0.29) is 25.3 Å². The molecular formula is C22H22F2N4O2. The van der Waals surface area contributed by atoms with E-state index in [4.69, 9.17) is 4.42 Å². The molecule has 1 aromatic carbocycles. The standard InChI is InChI=1S/C22H22F2N4O2/c1-15-17(18-13-25-14-30-18)12-26-20(28-10-5-8-22(23,24)9-11-28)19(15)21(29)27-16-6-3-2-4-7-16/h2-4,6-7,12-14H,5,8-11H2,1H3,(H,27,29). The summed E-state index contributed by atoms with van der Waals surface area (Å²) in [5.74, 6) is -2.15. The van der Waals surface area contributed by atoms with Crippen LogP contribution in [0.4, 0.5) is 20.3 Å².